The van der Waals surface area contributed by atoms with Gasteiger partial charge in [-0.3, -0.25) is 14.0 Å². The summed E-state index contributed by atoms with van der Waals surface area (Å²) >= 11 is 0. The molecule has 2 N–H and O–H groups in total. The lowest BCUT2D eigenvalue weighted by atomic mass is 10.0. The Hall–Kier alpha value is -3.81. The van der Waals surface area contributed by atoms with Crippen LogP contribution in [-0.4, -0.2) is 30.2 Å². The lowest BCUT2D eigenvalue weighted by Gasteiger charge is -2.19. The number of fused-ring (bicyclic) bond motifs is 1. The Morgan fingerprint density at radius 2 is 1.97 bits per heavy atom. The lowest BCUT2D eigenvalue weighted by molar-refractivity contribution is 0.0932. The highest BCUT2D eigenvalue weighted by atomic mass is 16.2. The predicted octanol–water partition coefficient (Wildman–Crippen LogP) is 2.65. The van der Waals surface area contributed by atoms with Gasteiger partial charge in [0.25, 0.3) is 11.5 Å². The monoisotopic (exact) mass is 402 g/mol. The van der Waals surface area contributed by atoms with E-state index in [1.165, 1.54) is 6.07 Å². The van der Waals surface area contributed by atoms with E-state index in [-0.39, 0.29) is 29.1 Å². The van der Waals surface area contributed by atoms with Gasteiger partial charge in [0.1, 0.15) is 11.5 Å². The number of aromatic amines is 1. The van der Waals surface area contributed by atoms with Crippen LogP contribution in [0.15, 0.2) is 65.8 Å². The van der Waals surface area contributed by atoms with Crippen LogP contribution in [0.2, 0.25) is 0 Å². The van der Waals surface area contributed by atoms with Crippen molar-refractivity contribution in [2.75, 3.05) is 0 Å². The molecule has 152 valence electrons. The third-order valence-electron chi connectivity index (χ3n) is 4.75. The number of H-pyrrole nitrogens is 1. The number of rotatable bonds is 6. The maximum atomic E-state index is 12.9. The number of aromatic nitrogens is 5. The minimum Gasteiger partial charge on any atom is -0.343 e. The van der Waals surface area contributed by atoms with Crippen molar-refractivity contribution in [1.29, 1.82) is 0 Å². The van der Waals surface area contributed by atoms with Crippen LogP contribution in [-0.2, 0) is 6.42 Å². The molecule has 0 aliphatic carbocycles. The fourth-order valence-corrected chi connectivity index (χ4v) is 3.22. The SMILES string of the molecule is CC(C)c1nc(CC(NC(=O)c2cn3cccnc3n2)c2ccccc2)cc(=O)[nH]1. The van der Waals surface area contributed by atoms with Crippen molar-refractivity contribution in [2.45, 2.75) is 32.2 Å². The van der Waals surface area contributed by atoms with Crippen LogP contribution in [0.25, 0.3) is 5.78 Å². The molecule has 0 aliphatic rings. The molecule has 30 heavy (non-hydrogen) atoms. The molecule has 1 amide bonds. The molecule has 1 aromatic carbocycles. The van der Waals surface area contributed by atoms with Gasteiger partial charge in [-0.05, 0) is 11.6 Å². The maximum Gasteiger partial charge on any atom is 0.272 e. The lowest BCUT2D eigenvalue weighted by Crippen LogP contribution is -2.31. The van der Waals surface area contributed by atoms with Crippen LogP contribution < -0.4 is 10.9 Å². The third-order valence-corrected chi connectivity index (χ3v) is 4.75. The molecule has 0 bridgehead atoms. The summed E-state index contributed by atoms with van der Waals surface area (Å²) in [5, 5.41) is 3.03. The van der Waals surface area contributed by atoms with E-state index in [9.17, 15) is 9.59 Å². The standard InChI is InChI=1S/C22H22N6O2/c1-14(2)20-24-16(12-19(29)27-20)11-17(15-7-4-3-5-8-15)25-21(30)18-13-28-10-6-9-23-22(28)26-18/h3-10,12-14,17H,11H2,1-2H3,(H,25,30)(H,24,27,29). The van der Waals surface area contributed by atoms with Crippen LogP contribution >= 0.6 is 0 Å². The molecule has 0 saturated heterocycles. The average molecular weight is 402 g/mol. The van der Waals surface area contributed by atoms with Gasteiger partial charge in [0, 0.05) is 37.0 Å². The zero-order valence-corrected chi connectivity index (χ0v) is 16.7. The fraction of sp³-hybridized carbons (Fsp3) is 0.227. The van der Waals surface area contributed by atoms with E-state index in [0.29, 0.717) is 23.7 Å². The van der Waals surface area contributed by atoms with Crippen molar-refractivity contribution in [3.05, 3.63) is 94.2 Å². The second kappa shape index (κ2) is 8.28. The molecule has 4 rings (SSSR count). The normalized spacial score (nSPS) is 12.2. The molecule has 0 spiro atoms. The van der Waals surface area contributed by atoms with Gasteiger partial charge in [-0.1, -0.05) is 44.2 Å². The van der Waals surface area contributed by atoms with E-state index in [0.717, 1.165) is 5.56 Å². The van der Waals surface area contributed by atoms with Crippen molar-refractivity contribution in [3.8, 4) is 0 Å². The first-order valence-electron chi connectivity index (χ1n) is 9.75. The summed E-state index contributed by atoms with van der Waals surface area (Å²) in [5.41, 5.74) is 1.61. The molecule has 0 fully saturated rings. The minimum atomic E-state index is -0.370. The fourth-order valence-electron chi connectivity index (χ4n) is 3.22. The number of carbonyl (C=O) groups is 1. The van der Waals surface area contributed by atoms with Crippen molar-refractivity contribution in [1.82, 2.24) is 29.7 Å². The van der Waals surface area contributed by atoms with Gasteiger partial charge in [0.2, 0.25) is 5.78 Å². The Morgan fingerprint density at radius 3 is 2.70 bits per heavy atom. The molecule has 0 saturated carbocycles. The summed E-state index contributed by atoms with van der Waals surface area (Å²) in [7, 11) is 0. The van der Waals surface area contributed by atoms with E-state index >= 15 is 0 Å². The summed E-state index contributed by atoms with van der Waals surface area (Å²) in [6.07, 6.45) is 5.43. The quantitative estimate of drug-likeness (QED) is 0.516. The van der Waals surface area contributed by atoms with Crippen LogP contribution in [0.3, 0.4) is 0 Å². The molecule has 8 heteroatoms. The summed E-state index contributed by atoms with van der Waals surface area (Å²) in [4.78, 5) is 40.8. The van der Waals surface area contributed by atoms with Crippen molar-refractivity contribution in [2.24, 2.45) is 0 Å². The van der Waals surface area contributed by atoms with E-state index in [1.807, 2.05) is 44.2 Å². The van der Waals surface area contributed by atoms with E-state index in [2.05, 4.69) is 25.3 Å². The number of benzene rings is 1. The number of nitrogens with one attached hydrogen (secondary N) is 2. The molecule has 4 aromatic rings. The van der Waals surface area contributed by atoms with Crippen LogP contribution in [0.4, 0.5) is 0 Å². The molecule has 0 radical (unpaired) electrons. The van der Waals surface area contributed by atoms with Gasteiger partial charge in [-0.2, -0.15) is 0 Å². The zero-order chi connectivity index (χ0) is 21.1. The summed E-state index contributed by atoms with van der Waals surface area (Å²) in [6, 6.07) is 12.5. The Bertz CT molecular complexity index is 1200. The number of nitrogens with zero attached hydrogens (tertiary/aromatic N) is 4. The second-order valence-electron chi connectivity index (χ2n) is 7.37. The van der Waals surface area contributed by atoms with Gasteiger partial charge in [0.15, 0.2) is 0 Å². The summed E-state index contributed by atoms with van der Waals surface area (Å²) < 4.78 is 1.69. The van der Waals surface area contributed by atoms with Gasteiger partial charge < -0.3 is 10.3 Å². The van der Waals surface area contributed by atoms with Gasteiger partial charge in [0.05, 0.1) is 11.7 Å². The van der Waals surface area contributed by atoms with Gasteiger partial charge >= 0.3 is 0 Å². The Kier molecular flexibility index (Phi) is 5.38. The Labute approximate surface area is 173 Å². The Morgan fingerprint density at radius 1 is 1.17 bits per heavy atom. The molecule has 8 nitrogen and oxygen atoms in total. The highest BCUT2D eigenvalue weighted by molar-refractivity contribution is 5.93. The number of hydrogen-bond donors (Lipinski definition) is 2. The molecule has 3 heterocycles. The van der Waals surface area contributed by atoms with E-state index < -0.39 is 0 Å². The average Bonchev–Trinajstić information content (AvgIpc) is 3.18. The highest BCUT2D eigenvalue weighted by Gasteiger charge is 2.20. The van der Waals surface area contributed by atoms with Crippen LogP contribution in [0, 0.1) is 0 Å². The first-order valence-corrected chi connectivity index (χ1v) is 9.75. The van der Waals surface area contributed by atoms with Crippen molar-refractivity contribution < 1.29 is 4.79 Å². The summed E-state index contributed by atoms with van der Waals surface area (Å²) in [6.45, 7) is 3.94. The highest BCUT2D eigenvalue weighted by Crippen LogP contribution is 2.19. The number of imidazole rings is 1. The maximum absolute atomic E-state index is 12.9. The predicted molar refractivity (Wildman–Crippen MR) is 112 cm³/mol. The molecule has 3 aromatic heterocycles. The van der Waals surface area contributed by atoms with E-state index in [1.54, 1.807) is 29.1 Å². The Balaban J connectivity index is 1.64. The zero-order valence-electron chi connectivity index (χ0n) is 16.7. The topological polar surface area (TPSA) is 105 Å². The molecular weight excluding hydrogens is 380 g/mol. The van der Waals surface area contributed by atoms with Gasteiger partial charge in [-0.25, -0.2) is 15.0 Å². The number of carbonyl (C=O) groups excluding carboxylic acids is 1. The largest absolute Gasteiger partial charge is 0.343 e. The third kappa shape index (κ3) is 4.27. The van der Waals surface area contributed by atoms with Crippen molar-refractivity contribution in [3.63, 3.8) is 0 Å². The molecular formula is C22H22N6O2. The number of hydrogen-bond acceptors (Lipinski definition) is 5. The number of amides is 1. The first-order chi connectivity index (χ1) is 14.5. The summed E-state index contributed by atoms with van der Waals surface area (Å²) in [5.74, 6) is 0.856. The molecule has 1 atom stereocenters. The van der Waals surface area contributed by atoms with Crippen LogP contribution in [0.1, 0.15) is 53.4 Å². The minimum absolute atomic E-state index is 0.0906. The first kappa shape index (κ1) is 19.5. The van der Waals surface area contributed by atoms with Crippen molar-refractivity contribution >= 4 is 11.7 Å². The molecule has 1 unspecified atom stereocenters. The van der Waals surface area contributed by atoms with E-state index in [4.69, 9.17) is 0 Å². The second-order valence-corrected chi connectivity index (χ2v) is 7.37. The van der Waals surface area contributed by atoms with Gasteiger partial charge in [-0.15, -0.1) is 0 Å². The molecule has 0 aliphatic heterocycles. The van der Waals surface area contributed by atoms with Crippen LogP contribution in [0.5, 0.6) is 0 Å². The smallest absolute Gasteiger partial charge is 0.272 e.